The van der Waals surface area contributed by atoms with Crippen molar-refractivity contribution in [3.63, 3.8) is 0 Å². The van der Waals surface area contributed by atoms with Gasteiger partial charge in [0.1, 0.15) is 0 Å². The highest BCUT2D eigenvalue weighted by Gasteiger charge is 2.66. The average molecular weight is 249 g/mol. The highest BCUT2D eigenvalue weighted by Crippen LogP contribution is 2.70. The Morgan fingerprint density at radius 2 is 1.72 bits per heavy atom. The average Bonchev–Trinajstić information content (AvgIpc) is 2.78. The Balaban J connectivity index is 1.56. The fraction of sp³-hybridized carbons (Fsp3) is 1.00. The van der Waals surface area contributed by atoms with E-state index in [4.69, 9.17) is 0 Å². The summed E-state index contributed by atoms with van der Waals surface area (Å²) >= 11 is 0. The van der Waals surface area contributed by atoms with E-state index in [0.717, 1.165) is 41.5 Å². The summed E-state index contributed by atoms with van der Waals surface area (Å²) in [4.78, 5) is 0. The summed E-state index contributed by atoms with van der Waals surface area (Å²) in [5.41, 5.74) is 0. The minimum Gasteiger partial charge on any atom is -0.314 e. The molecule has 1 heteroatoms. The maximum absolute atomic E-state index is 3.88. The standard InChI is InChI=1S/C17H31N/c1-4-9-18-14(8-5-11(2)3)17-15-12-6-7-13(10-12)16(15)17/h11-18H,4-10H2,1-3H3. The predicted molar refractivity (Wildman–Crippen MR) is 77.5 cm³/mol. The third-order valence-corrected chi connectivity index (χ3v) is 5.97. The maximum atomic E-state index is 3.88. The second kappa shape index (κ2) is 5.15. The molecule has 0 aromatic heterocycles. The predicted octanol–water partition coefficient (Wildman–Crippen LogP) is 4.08. The molecule has 1 N–H and O–H groups in total. The summed E-state index contributed by atoms with van der Waals surface area (Å²) in [5, 5.41) is 3.88. The molecular weight excluding hydrogens is 218 g/mol. The highest BCUT2D eigenvalue weighted by molar-refractivity contribution is 5.15. The van der Waals surface area contributed by atoms with E-state index in [-0.39, 0.29) is 0 Å². The van der Waals surface area contributed by atoms with Gasteiger partial charge in [0.25, 0.3) is 0 Å². The summed E-state index contributed by atoms with van der Waals surface area (Å²) in [6, 6.07) is 0.853. The first-order valence-electron chi connectivity index (χ1n) is 8.45. The molecule has 0 aromatic rings. The summed E-state index contributed by atoms with van der Waals surface area (Å²) < 4.78 is 0. The van der Waals surface area contributed by atoms with Crippen LogP contribution in [0.3, 0.4) is 0 Å². The summed E-state index contributed by atoms with van der Waals surface area (Å²) in [6.45, 7) is 8.26. The van der Waals surface area contributed by atoms with E-state index >= 15 is 0 Å². The third-order valence-electron chi connectivity index (χ3n) is 5.97. The second-order valence-electron chi connectivity index (χ2n) is 7.60. The lowest BCUT2D eigenvalue weighted by atomic mass is 9.92. The molecule has 0 spiro atoms. The molecule has 1 nitrogen and oxygen atoms in total. The van der Waals surface area contributed by atoms with E-state index in [9.17, 15) is 0 Å². The van der Waals surface area contributed by atoms with E-state index in [0.29, 0.717) is 0 Å². The normalized spacial score (nSPS) is 42.3. The van der Waals surface area contributed by atoms with Gasteiger partial charge in [0.15, 0.2) is 0 Å². The van der Waals surface area contributed by atoms with Gasteiger partial charge in [0, 0.05) is 6.04 Å². The molecule has 3 rings (SSSR count). The number of rotatable bonds is 7. The molecule has 0 amide bonds. The van der Waals surface area contributed by atoms with E-state index in [1.54, 1.807) is 19.3 Å². The van der Waals surface area contributed by atoms with Gasteiger partial charge in [-0.3, -0.25) is 0 Å². The first-order valence-corrected chi connectivity index (χ1v) is 8.45. The Hall–Kier alpha value is -0.0400. The van der Waals surface area contributed by atoms with Crippen LogP contribution in [-0.4, -0.2) is 12.6 Å². The molecule has 5 unspecified atom stereocenters. The van der Waals surface area contributed by atoms with E-state index in [1.165, 1.54) is 25.8 Å². The summed E-state index contributed by atoms with van der Waals surface area (Å²) in [7, 11) is 0. The Kier molecular flexibility index (Phi) is 3.71. The van der Waals surface area contributed by atoms with Gasteiger partial charge in [-0.15, -0.1) is 0 Å². The zero-order chi connectivity index (χ0) is 12.7. The van der Waals surface area contributed by atoms with Gasteiger partial charge >= 0.3 is 0 Å². The van der Waals surface area contributed by atoms with Crippen molar-refractivity contribution in [3.8, 4) is 0 Å². The highest BCUT2D eigenvalue weighted by atomic mass is 14.9. The van der Waals surface area contributed by atoms with Crippen LogP contribution in [0.15, 0.2) is 0 Å². The fourth-order valence-corrected chi connectivity index (χ4v) is 5.20. The maximum Gasteiger partial charge on any atom is 0.0101 e. The molecule has 3 saturated carbocycles. The van der Waals surface area contributed by atoms with Crippen LogP contribution in [0.2, 0.25) is 0 Å². The van der Waals surface area contributed by atoms with Crippen molar-refractivity contribution in [1.82, 2.24) is 5.32 Å². The molecule has 104 valence electrons. The molecule has 0 radical (unpaired) electrons. The lowest BCUT2D eigenvalue weighted by Gasteiger charge is -2.22. The second-order valence-corrected chi connectivity index (χ2v) is 7.60. The van der Waals surface area contributed by atoms with Crippen LogP contribution >= 0.6 is 0 Å². The van der Waals surface area contributed by atoms with Crippen LogP contribution in [0.5, 0.6) is 0 Å². The molecule has 3 aliphatic carbocycles. The van der Waals surface area contributed by atoms with Crippen molar-refractivity contribution in [2.75, 3.05) is 6.54 Å². The largest absolute Gasteiger partial charge is 0.314 e. The van der Waals surface area contributed by atoms with Crippen molar-refractivity contribution < 1.29 is 0 Å². The smallest absolute Gasteiger partial charge is 0.0101 e. The van der Waals surface area contributed by atoms with Gasteiger partial charge in [-0.2, -0.15) is 0 Å². The quantitative estimate of drug-likeness (QED) is 0.717. The van der Waals surface area contributed by atoms with Crippen LogP contribution < -0.4 is 5.32 Å². The lowest BCUT2D eigenvalue weighted by Crippen LogP contribution is -2.34. The van der Waals surface area contributed by atoms with Crippen molar-refractivity contribution >= 4 is 0 Å². The van der Waals surface area contributed by atoms with Crippen molar-refractivity contribution in [2.45, 2.75) is 65.3 Å². The topological polar surface area (TPSA) is 12.0 Å². The molecule has 2 bridgehead atoms. The van der Waals surface area contributed by atoms with Gasteiger partial charge in [-0.25, -0.2) is 0 Å². The summed E-state index contributed by atoms with van der Waals surface area (Å²) in [6.07, 6.45) is 8.84. The molecule has 0 aliphatic heterocycles. The van der Waals surface area contributed by atoms with Gasteiger partial charge in [-0.05, 0) is 80.6 Å². The first-order chi connectivity index (χ1) is 8.72. The van der Waals surface area contributed by atoms with Gasteiger partial charge in [0.05, 0.1) is 0 Å². The van der Waals surface area contributed by atoms with Crippen LogP contribution in [0.1, 0.15) is 59.3 Å². The Labute approximate surface area is 113 Å². The van der Waals surface area contributed by atoms with E-state index in [1.807, 2.05) is 0 Å². The summed E-state index contributed by atoms with van der Waals surface area (Å²) in [5.74, 6) is 6.49. The number of fused-ring (bicyclic) bond motifs is 5. The minimum absolute atomic E-state index is 0.853. The molecular formula is C17H31N. The van der Waals surface area contributed by atoms with Crippen molar-refractivity contribution in [3.05, 3.63) is 0 Å². The number of hydrogen-bond donors (Lipinski definition) is 1. The monoisotopic (exact) mass is 249 g/mol. The van der Waals surface area contributed by atoms with Gasteiger partial charge in [-0.1, -0.05) is 20.8 Å². The van der Waals surface area contributed by atoms with E-state index in [2.05, 4.69) is 26.1 Å². The Bertz CT molecular complexity index is 269. The van der Waals surface area contributed by atoms with Gasteiger partial charge < -0.3 is 5.32 Å². The first kappa shape index (κ1) is 13.0. The molecule has 18 heavy (non-hydrogen) atoms. The molecule has 0 aromatic carbocycles. The molecule has 0 heterocycles. The van der Waals surface area contributed by atoms with Crippen LogP contribution in [-0.2, 0) is 0 Å². The molecule has 3 fully saturated rings. The van der Waals surface area contributed by atoms with Crippen molar-refractivity contribution in [1.29, 1.82) is 0 Å². The molecule has 3 aliphatic rings. The van der Waals surface area contributed by atoms with E-state index < -0.39 is 0 Å². The van der Waals surface area contributed by atoms with Gasteiger partial charge in [0.2, 0.25) is 0 Å². The fourth-order valence-electron chi connectivity index (χ4n) is 5.20. The zero-order valence-electron chi connectivity index (χ0n) is 12.5. The lowest BCUT2D eigenvalue weighted by molar-refractivity contribution is 0.331. The zero-order valence-corrected chi connectivity index (χ0v) is 12.5. The Morgan fingerprint density at radius 3 is 2.28 bits per heavy atom. The minimum atomic E-state index is 0.853. The van der Waals surface area contributed by atoms with Crippen LogP contribution in [0.4, 0.5) is 0 Å². The van der Waals surface area contributed by atoms with Crippen LogP contribution in [0.25, 0.3) is 0 Å². The molecule has 0 saturated heterocycles. The van der Waals surface area contributed by atoms with Crippen LogP contribution in [0, 0.1) is 35.5 Å². The van der Waals surface area contributed by atoms with Crippen molar-refractivity contribution in [2.24, 2.45) is 35.5 Å². The number of hydrogen-bond acceptors (Lipinski definition) is 1. The third kappa shape index (κ3) is 2.24. The molecule has 5 atom stereocenters. The number of nitrogens with one attached hydrogen (secondary N) is 1. The Morgan fingerprint density at radius 1 is 1.06 bits per heavy atom. The SMILES string of the molecule is CCCNC(CCC(C)C)C1C2C3CCC(C3)C21.